The average molecular weight is 1720 g/mol. The number of rotatable bonds is 89. The fourth-order valence-corrected chi connectivity index (χ4v) is 11.8. The second-order valence-electron chi connectivity index (χ2n) is 29.4. The number of carboxylic acid groups (broad SMARTS) is 4. The predicted octanol–water partition coefficient (Wildman–Crippen LogP) is 7.75. The molecule has 0 aromatic rings. The Balaban J connectivity index is 0. The first kappa shape index (κ1) is 114. The zero-order chi connectivity index (χ0) is 88.6. The lowest BCUT2D eigenvalue weighted by molar-refractivity contribution is -0.142. The molecule has 0 saturated carbocycles. The lowest BCUT2D eigenvalue weighted by atomic mass is 10.0. The summed E-state index contributed by atoms with van der Waals surface area (Å²) in [6, 6.07) is -2.25. The Morgan fingerprint density at radius 1 is 0.233 bits per heavy atom. The molecule has 0 aliphatic carbocycles. The molecular weight excluding hydrogens is 1560 g/mol. The van der Waals surface area contributed by atoms with Crippen molar-refractivity contribution in [2.75, 3.05) is 158 Å². The van der Waals surface area contributed by atoms with Gasteiger partial charge in [0, 0.05) is 109 Å². The Bertz CT molecular complexity index is 2670. The molecule has 2 unspecified atom stereocenters. The summed E-state index contributed by atoms with van der Waals surface area (Å²) in [6.45, 7) is 13.2. The van der Waals surface area contributed by atoms with E-state index < -0.39 is 36.0 Å². The number of nitrogens with one attached hydrogen (secondary N) is 10. The smallest absolute Gasteiger partial charge is 0.326 e. The molecule has 0 radical (unpaired) electrons. The molecule has 0 aliphatic heterocycles. The molecule has 0 heterocycles. The minimum atomic E-state index is -1.18. The van der Waals surface area contributed by atoms with Crippen LogP contribution in [0.3, 0.4) is 0 Å². The van der Waals surface area contributed by atoms with E-state index in [-0.39, 0.29) is 197 Å². The molecule has 0 saturated heterocycles. The average Bonchev–Trinajstić information content (AvgIpc) is 0.934. The first-order valence-corrected chi connectivity index (χ1v) is 44.5. The Labute approximate surface area is 713 Å². The van der Waals surface area contributed by atoms with E-state index in [0.717, 1.165) is 77.0 Å². The topological polar surface area (TPSA) is 497 Å². The van der Waals surface area contributed by atoms with E-state index >= 15 is 0 Å². The van der Waals surface area contributed by atoms with Crippen LogP contribution in [-0.2, 0) is 100 Å². The van der Waals surface area contributed by atoms with Crippen molar-refractivity contribution in [2.24, 2.45) is 0 Å². The van der Waals surface area contributed by atoms with Crippen LogP contribution >= 0.6 is 0 Å². The normalized spacial score (nSPS) is 11.4. The number of amides is 9. The van der Waals surface area contributed by atoms with E-state index in [1.807, 2.05) is 0 Å². The summed E-state index contributed by atoms with van der Waals surface area (Å²) in [5, 5.41) is 63.1. The highest BCUT2D eigenvalue weighted by Crippen LogP contribution is 2.17. The highest BCUT2D eigenvalue weighted by Gasteiger charge is 2.23. The summed E-state index contributed by atoms with van der Waals surface area (Å²) in [5.41, 5.74) is 0.679. The van der Waals surface area contributed by atoms with Gasteiger partial charge in [0.05, 0.1) is 85.9 Å². The van der Waals surface area contributed by atoms with Gasteiger partial charge < -0.3 is 111 Å². The molecule has 2 atom stereocenters. The van der Waals surface area contributed by atoms with Crippen LogP contribution in [0.4, 0.5) is 0 Å². The number of ether oxygens (including phenoxy) is 8. The third kappa shape index (κ3) is 88.1. The van der Waals surface area contributed by atoms with Gasteiger partial charge in [-0.05, 0) is 38.5 Å². The van der Waals surface area contributed by atoms with Crippen LogP contribution in [0.25, 0.3) is 0 Å². The van der Waals surface area contributed by atoms with Gasteiger partial charge in [-0.2, -0.15) is 0 Å². The summed E-state index contributed by atoms with van der Waals surface area (Å²) >= 11 is 0. The molecule has 696 valence electrons. The maximum Gasteiger partial charge on any atom is 0.326 e. The van der Waals surface area contributed by atoms with Gasteiger partial charge >= 0.3 is 23.9 Å². The van der Waals surface area contributed by atoms with Crippen LogP contribution in [0.15, 0.2) is 12.3 Å². The van der Waals surface area contributed by atoms with Crippen molar-refractivity contribution < 1.29 is 121 Å². The number of hydrogen-bond donors (Lipinski definition) is 14. The van der Waals surface area contributed by atoms with Crippen molar-refractivity contribution in [3.05, 3.63) is 12.3 Å². The molecule has 0 aromatic carbocycles. The number of unbranched alkanes of at least 4 members (excludes halogenated alkanes) is 30. The summed E-state index contributed by atoms with van der Waals surface area (Å²) in [6.07, 6.45) is 37.6. The second-order valence-corrected chi connectivity index (χ2v) is 29.4. The van der Waals surface area contributed by atoms with Gasteiger partial charge in [0.25, 0.3) is 0 Å². The molecule has 9 amide bonds. The van der Waals surface area contributed by atoms with Crippen LogP contribution in [0.2, 0.25) is 0 Å². The van der Waals surface area contributed by atoms with Crippen molar-refractivity contribution in [1.82, 2.24) is 53.2 Å². The molecule has 0 aromatic heterocycles. The SMILES string of the molecule is C=C(COCCOCCNC(=O)CCC(NC(=O)CCCCCCCCCCCCCCCCCCCCC(=O)O)C(=O)O)NCCOCCOCC(=O)NCCNC(=O)CC.CCC(=O)NCCNC(=O)COCCOCCNC(=O)COCCOCCNC(=O)CCC(NC(=O)CCCCCCCCCCCCCCCCC(=O)O)C(=O)O. The van der Waals surface area contributed by atoms with Crippen LogP contribution in [0.5, 0.6) is 0 Å². The fourth-order valence-electron chi connectivity index (χ4n) is 11.8. The van der Waals surface area contributed by atoms with Gasteiger partial charge in [-0.3, -0.25) is 52.7 Å². The number of carbonyl (C=O) groups is 13. The van der Waals surface area contributed by atoms with E-state index in [2.05, 4.69) is 59.7 Å². The maximum absolute atomic E-state index is 12.4. The van der Waals surface area contributed by atoms with E-state index in [0.29, 0.717) is 97.0 Å². The van der Waals surface area contributed by atoms with Gasteiger partial charge in [-0.1, -0.05) is 200 Å². The van der Waals surface area contributed by atoms with Crippen molar-refractivity contribution >= 4 is 77.0 Å². The van der Waals surface area contributed by atoms with Crippen LogP contribution < -0.4 is 53.2 Å². The summed E-state index contributed by atoms with van der Waals surface area (Å²) in [7, 11) is 0. The van der Waals surface area contributed by atoms with Gasteiger partial charge in [0.1, 0.15) is 31.9 Å². The predicted molar refractivity (Wildman–Crippen MR) is 454 cm³/mol. The minimum absolute atomic E-state index is 0.00284. The van der Waals surface area contributed by atoms with Crippen LogP contribution in [-0.4, -0.2) is 268 Å². The summed E-state index contributed by atoms with van der Waals surface area (Å²) in [4.78, 5) is 151. The molecule has 0 bridgehead atoms. The van der Waals surface area contributed by atoms with Gasteiger partial charge in [-0.15, -0.1) is 0 Å². The van der Waals surface area contributed by atoms with Crippen molar-refractivity contribution in [1.29, 1.82) is 0 Å². The van der Waals surface area contributed by atoms with E-state index in [1.54, 1.807) is 13.8 Å². The fraction of sp³-hybridized carbons (Fsp3) is 0.824. The molecule has 0 fully saturated rings. The highest BCUT2D eigenvalue weighted by atomic mass is 16.5. The van der Waals surface area contributed by atoms with E-state index in [4.69, 9.17) is 48.1 Å². The zero-order valence-corrected chi connectivity index (χ0v) is 72.9. The summed E-state index contributed by atoms with van der Waals surface area (Å²) in [5.74, 6) is -6.08. The number of aliphatic carboxylic acids is 4. The zero-order valence-electron chi connectivity index (χ0n) is 72.9. The van der Waals surface area contributed by atoms with Crippen molar-refractivity contribution in [3.63, 3.8) is 0 Å². The number of carboxylic acids is 4. The standard InChI is InChI=1S/C45H83N5O12.C40H73N5O13/c1-3-40(51)47-26-27-48-43(54)37-62-35-33-59-30-28-46-38(2)36-61-34-32-60-31-29-49-41(52)25-24-39(45(57)58)50-42(53)22-20-18-16-14-12-10-8-6-4-5-7-9-11-13-15-17-19-21-23-44(55)56;1-2-34(46)41-21-22-42-37(49)31-57-29-28-56-26-24-44-38(50)32-58-30-27-55-25-23-43-35(47)20-19-33(40(53)54)45-36(48)17-15-13-11-9-7-5-3-4-6-8-10-12-14-16-18-39(51)52/h39,46H,2-37H2,1H3,(H,47,51)(H,48,54)(H,49,52)(H,50,53)(H,55,56)(H,57,58);33H,2-32H2,1H3,(H,41,46)(H,42,49)(H,43,47)(H,44,50)(H,45,48)(H,51,52)(H,53,54). The lowest BCUT2D eigenvalue weighted by Gasteiger charge is -2.14. The Hall–Kier alpha value is -7.67. The van der Waals surface area contributed by atoms with E-state index in [9.17, 15) is 72.5 Å². The van der Waals surface area contributed by atoms with Crippen molar-refractivity contribution in [2.45, 2.75) is 296 Å². The number of carbonyl (C=O) groups excluding carboxylic acids is 9. The Morgan fingerprint density at radius 2 is 0.450 bits per heavy atom. The largest absolute Gasteiger partial charge is 0.481 e. The molecule has 35 nitrogen and oxygen atoms in total. The first-order chi connectivity index (χ1) is 58.1. The third-order valence-corrected chi connectivity index (χ3v) is 18.6. The Morgan fingerprint density at radius 3 is 0.708 bits per heavy atom. The van der Waals surface area contributed by atoms with Gasteiger partial charge in [-0.25, -0.2) is 9.59 Å². The van der Waals surface area contributed by atoms with Crippen LogP contribution in [0.1, 0.15) is 284 Å². The molecule has 14 N–H and O–H groups in total. The molecule has 35 heteroatoms. The highest BCUT2D eigenvalue weighted by molar-refractivity contribution is 5.85. The first-order valence-electron chi connectivity index (χ1n) is 44.5. The van der Waals surface area contributed by atoms with Gasteiger partial charge in [0.2, 0.25) is 53.2 Å². The maximum atomic E-state index is 12.4. The summed E-state index contributed by atoms with van der Waals surface area (Å²) < 4.78 is 42.9. The lowest BCUT2D eigenvalue weighted by Crippen LogP contribution is -2.41. The quantitative estimate of drug-likeness (QED) is 0.0259. The number of hydrogen-bond acceptors (Lipinski definition) is 22. The van der Waals surface area contributed by atoms with E-state index in [1.165, 1.54) is 116 Å². The Kier molecular flexibility index (Phi) is 83.6. The van der Waals surface area contributed by atoms with Crippen LogP contribution in [0, 0.1) is 0 Å². The van der Waals surface area contributed by atoms with Crippen molar-refractivity contribution in [3.8, 4) is 0 Å². The minimum Gasteiger partial charge on any atom is -0.481 e. The molecule has 0 rings (SSSR count). The second kappa shape index (κ2) is 87.7. The molecule has 0 spiro atoms. The monoisotopic (exact) mass is 1720 g/mol. The molecular formula is C85H156N10O25. The molecule has 120 heavy (non-hydrogen) atoms. The third-order valence-electron chi connectivity index (χ3n) is 18.6. The molecule has 0 aliphatic rings. The van der Waals surface area contributed by atoms with Gasteiger partial charge in [0.15, 0.2) is 0 Å².